The maximum atomic E-state index is 3.88. The number of hydrogen-bond acceptors (Lipinski definition) is 2. The van der Waals surface area contributed by atoms with Crippen LogP contribution in [0.2, 0.25) is 0 Å². The predicted octanol–water partition coefficient (Wildman–Crippen LogP) is 4.63. The van der Waals surface area contributed by atoms with Gasteiger partial charge in [-0.25, -0.2) is 0 Å². The van der Waals surface area contributed by atoms with Gasteiger partial charge in [0, 0.05) is 17.3 Å². The fourth-order valence-corrected chi connectivity index (χ4v) is 4.15. The summed E-state index contributed by atoms with van der Waals surface area (Å²) in [5.41, 5.74) is 4.23. The molecule has 19 heavy (non-hydrogen) atoms. The summed E-state index contributed by atoms with van der Waals surface area (Å²) in [6.45, 7) is 6.72. The van der Waals surface area contributed by atoms with E-state index in [0.717, 1.165) is 5.25 Å². The molecular formula is C17H27NS. The second-order valence-corrected chi connectivity index (χ2v) is 6.99. The van der Waals surface area contributed by atoms with Gasteiger partial charge >= 0.3 is 0 Å². The molecule has 1 aromatic carbocycles. The zero-order chi connectivity index (χ0) is 13.8. The lowest BCUT2D eigenvalue weighted by molar-refractivity contribution is 0.356. The SMILES string of the molecule is CSC1CCCCC1NC(C)c1cc(C)ccc1C. The second-order valence-electron chi connectivity index (χ2n) is 5.91. The van der Waals surface area contributed by atoms with Gasteiger partial charge in [-0.15, -0.1) is 0 Å². The van der Waals surface area contributed by atoms with Crippen molar-refractivity contribution in [3.05, 3.63) is 34.9 Å². The first kappa shape index (κ1) is 14.9. The fraction of sp³-hybridized carbons (Fsp3) is 0.647. The Labute approximate surface area is 122 Å². The molecule has 1 fully saturated rings. The van der Waals surface area contributed by atoms with Crippen LogP contribution in [0.15, 0.2) is 18.2 Å². The van der Waals surface area contributed by atoms with Crippen molar-refractivity contribution in [2.24, 2.45) is 0 Å². The van der Waals surface area contributed by atoms with Crippen molar-refractivity contribution in [1.29, 1.82) is 0 Å². The first-order valence-corrected chi connectivity index (χ1v) is 8.76. The summed E-state index contributed by atoms with van der Waals surface area (Å²) >= 11 is 2.04. The van der Waals surface area contributed by atoms with Gasteiger partial charge in [-0.1, -0.05) is 36.6 Å². The molecule has 2 heteroatoms. The first-order chi connectivity index (χ1) is 9.11. The molecule has 0 aromatic heterocycles. The van der Waals surface area contributed by atoms with E-state index >= 15 is 0 Å². The lowest BCUT2D eigenvalue weighted by Crippen LogP contribution is -2.41. The maximum Gasteiger partial charge on any atom is 0.0297 e. The zero-order valence-corrected chi connectivity index (χ0v) is 13.5. The Morgan fingerprint density at radius 3 is 2.68 bits per heavy atom. The van der Waals surface area contributed by atoms with Gasteiger partial charge in [0.25, 0.3) is 0 Å². The minimum Gasteiger partial charge on any atom is -0.306 e. The van der Waals surface area contributed by atoms with E-state index in [1.807, 2.05) is 11.8 Å². The Kier molecular flexibility index (Phi) is 5.35. The van der Waals surface area contributed by atoms with Gasteiger partial charge in [0.1, 0.15) is 0 Å². The minimum atomic E-state index is 0.456. The fourth-order valence-electron chi connectivity index (χ4n) is 3.21. The smallest absolute Gasteiger partial charge is 0.0297 e. The molecule has 1 N–H and O–H groups in total. The van der Waals surface area contributed by atoms with E-state index in [-0.39, 0.29) is 0 Å². The highest BCUT2D eigenvalue weighted by molar-refractivity contribution is 7.99. The van der Waals surface area contributed by atoms with Crippen molar-refractivity contribution >= 4 is 11.8 Å². The number of rotatable bonds is 4. The standard InChI is InChI=1S/C17H27NS/c1-12-9-10-13(2)15(11-12)14(3)18-16-7-5-6-8-17(16)19-4/h9-11,14,16-18H,5-8H2,1-4H3. The Bertz CT molecular complexity index is 416. The molecule has 106 valence electrons. The average Bonchev–Trinajstić information content (AvgIpc) is 2.42. The Morgan fingerprint density at radius 1 is 1.21 bits per heavy atom. The van der Waals surface area contributed by atoms with Crippen LogP contribution in [0.5, 0.6) is 0 Å². The van der Waals surface area contributed by atoms with Crippen LogP contribution in [-0.2, 0) is 0 Å². The highest BCUT2D eigenvalue weighted by Crippen LogP contribution is 2.29. The van der Waals surface area contributed by atoms with Gasteiger partial charge in [0.2, 0.25) is 0 Å². The molecule has 1 saturated carbocycles. The molecule has 1 aliphatic carbocycles. The third-order valence-corrected chi connectivity index (χ3v) is 5.54. The molecule has 1 aromatic rings. The van der Waals surface area contributed by atoms with Crippen molar-refractivity contribution in [1.82, 2.24) is 5.32 Å². The lowest BCUT2D eigenvalue weighted by atomic mass is 9.92. The van der Waals surface area contributed by atoms with E-state index in [1.165, 1.54) is 42.4 Å². The molecule has 3 atom stereocenters. The molecule has 0 bridgehead atoms. The van der Waals surface area contributed by atoms with Crippen molar-refractivity contribution in [3.8, 4) is 0 Å². The minimum absolute atomic E-state index is 0.456. The summed E-state index contributed by atoms with van der Waals surface area (Å²) in [6.07, 6.45) is 7.75. The number of thioether (sulfide) groups is 1. The van der Waals surface area contributed by atoms with E-state index in [0.29, 0.717) is 12.1 Å². The third kappa shape index (κ3) is 3.76. The highest BCUT2D eigenvalue weighted by atomic mass is 32.2. The number of aryl methyl sites for hydroxylation is 2. The van der Waals surface area contributed by atoms with Gasteiger partial charge in [-0.3, -0.25) is 0 Å². The Hall–Kier alpha value is -0.470. The molecule has 0 heterocycles. The Balaban J connectivity index is 2.07. The summed E-state index contributed by atoms with van der Waals surface area (Å²) in [5.74, 6) is 0. The highest BCUT2D eigenvalue weighted by Gasteiger charge is 2.25. The van der Waals surface area contributed by atoms with Crippen LogP contribution in [0.25, 0.3) is 0 Å². The topological polar surface area (TPSA) is 12.0 Å². The molecule has 3 unspecified atom stereocenters. The van der Waals surface area contributed by atoms with E-state index in [9.17, 15) is 0 Å². The van der Waals surface area contributed by atoms with Crippen LogP contribution >= 0.6 is 11.8 Å². The number of nitrogens with one attached hydrogen (secondary N) is 1. The van der Waals surface area contributed by atoms with Crippen LogP contribution in [0.4, 0.5) is 0 Å². The molecule has 0 saturated heterocycles. The van der Waals surface area contributed by atoms with Gasteiger partial charge in [0.15, 0.2) is 0 Å². The average molecular weight is 277 g/mol. The van der Waals surface area contributed by atoms with Crippen LogP contribution in [-0.4, -0.2) is 17.5 Å². The summed E-state index contributed by atoms with van der Waals surface area (Å²) in [4.78, 5) is 0. The molecule has 1 nitrogen and oxygen atoms in total. The van der Waals surface area contributed by atoms with E-state index < -0.39 is 0 Å². The molecule has 0 amide bonds. The largest absolute Gasteiger partial charge is 0.306 e. The Morgan fingerprint density at radius 2 is 1.95 bits per heavy atom. The van der Waals surface area contributed by atoms with Crippen molar-refractivity contribution < 1.29 is 0 Å². The van der Waals surface area contributed by atoms with Crippen LogP contribution in [0.1, 0.15) is 55.3 Å². The summed E-state index contributed by atoms with van der Waals surface area (Å²) < 4.78 is 0. The molecule has 0 spiro atoms. The number of hydrogen-bond donors (Lipinski definition) is 1. The zero-order valence-electron chi connectivity index (χ0n) is 12.7. The van der Waals surface area contributed by atoms with Gasteiger partial charge < -0.3 is 5.32 Å². The van der Waals surface area contributed by atoms with Crippen LogP contribution in [0, 0.1) is 13.8 Å². The van der Waals surface area contributed by atoms with Crippen molar-refractivity contribution in [3.63, 3.8) is 0 Å². The maximum absolute atomic E-state index is 3.88. The first-order valence-electron chi connectivity index (χ1n) is 7.48. The predicted molar refractivity (Wildman–Crippen MR) is 87.0 cm³/mol. The summed E-state index contributed by atoms with van der Waals surface area (Å²) in [6, 6.07) is 7.92. The third-order valence-electron chi connectivity index (χ3n) is 4.37. The van der Waals surface area contributed by atoms with Crippen LogP contribution < -0.4 is 5.32 Å². The summed E-state index contributed by atoms with van der Waals surface area (Å²) in [7, 11) is 0. The number of benzene rings is 1. The van der Waals surface area contributed by atoms with Crippen molar-refractivity contribution in [2.75, 3.05) is 6.26 Å². The molecule has 0 radical (unpaired) electrons. The monoisotopic (exact) mass is 277 g/mol. The molecule has 2 rings (SSSR count). The van der Waals surface area contributed by atoms with Crippen molar-refractivity contribution in [2.45, 2.75) is 63.8 Å². The van der Waals surface area contributed by atoms with Gasteiger partial charge in [0.05, 0.1) is 0 Å². The second kappa shape index (κ2) is 6.81. The lowest BCUT2D eigenvalue weighted by Gasteiger charge is -2.34. The normalized spacial score (nSPS) is 25.3. The van der Waals surface area contributed by atoms with Crippen LogP contribution in [0.3, 0.4) is 0 Å². The molecule has 1 aliphatic rings. The van der Waals surface area contributed by atoms with E-state index in [1.54, 1.807) is 0 Å². The van der Waals surface area contributed by atoms with Gasteiger partial charge in [-0.2, -0.15) is 11.8 Å². The quantitative estimate of drug-likeness (QED) is 0.861. The molecular weight excluding hydrogens is 250 g/mol. The van der Waals surface area contributed by atoms with E-state index in [2.05, 4.69) is 50.5 Å². The summed E-state index contributed by atoms with van der Waals surface area (Å²) in [5, 5.41) is 4.68. The molecule has 0 aliphatic heterocycles. The van der Waals surface area contributed by atoms with E-state index in [4.69, 9.17) is 0 Å². The van der Waals surface area contributed by atoms with Gasteiger partial charge in [-0.05, 0) is 51.0 Å².